The van der Waals surface area contributed by atoms with Crippen molar-refractivity contribution >= 4 is 17.8 Å². The largest absolute Gasteiger partial charge is 0.469 e. The zero-order chi connectivity index (χ0) is 17.1. The Morgan fingerprint density at radius 3 is 1.88 bits per heavy atom. The Kier molecular flexibility index (Phi) is 1.82. The molecule has 8 aliphatic rings. The van der Waals surface area contributed by atoms with Crippen molar-refractivity contribution in [2.75, 3.05) is 7.11 Å². The third kappa shape index (κ3) is 0.926. The van der Waals surface area contributed by atoms with E-state index in [0.717, 1.165) is 25.7 Å². The van der Waals surface area contributed by atoms with Crippen LogP contribution in [0.15, 0.2) is 0 Å². The third-order valence-electron chi connectivity index (χ3n) is 9.90. The minimum atomic E-state index is -0.214. The Morgan fingerprint density at radius 1 is 0.880 bits per heavy atom. The number of carbonyl (C=O) groups excluding carboxylic acids is 3. The number of hydrogen-bond donors (Lipinski definition) is 1. The molecule has 0 radical (unpaired) electrons. The molecule has 2 N–H and O–H groups in total. The van der Waals surface area contributed by atoms with Gasteiger partial charge in [-0.15, -0.1) is 0 Å². The fourth-order valence-corrected chi connectivity index (χ4v) is 9.32. The van der Waals surface area contributed by atoms with Crippen molar-refractivity contribution in [3.8, 4) is 0 Å². The van der Waals surface area contributed by atoms with Gasteiger partial charge in [-0.1, -0.05) is 0 Å². The average molecular weight is 343 g/mol. The first kappa shape index (κ1) is 13.6. The molecule has 0 bridgehead atoms. The zero-order valence-electron chi connectivity index (χ0n) is 14.1. The number of amides is 1. The van der Waals surface area contributed by atoms with Crippen LogP contribution in [-0.2, 0) is 23.9 Å². The molecule has 25 heavy (non-hydrogen) atoms. The van der Waals surface area contributed by atoms with E-state index in [1.54, 1.807) is 0 Å². The summed E-state index contributed by atoms with van der Waals surface area (Å²) in [6.07, 6.45) is 3.56. The molecule has 8 aliphatic carbocycles. The molecular formula is C19H21NO5. The Labute approximate surface area is 144 Å². The summed E-state index contributed by atoms with van der Waals surface area (Å²) in [5.74, 6) is 2.21. The van der Waals surface area contributed by atoms with Gasteiger partial charge in [0, 0.05) is 0 Å². The van der Waals surface area contributed by atoms with E-state index in [1.807, 2.05) is 0 Å². The Bertz CT molecular complexity index is 734. The second-order valence-corrected chi connectivity index (χ2v) is 9.95. The number of nitrogens with two attached hydrogens (primary N) is 1. The molecule has 1 spiro atoms. The Balaban J connectivity index is 0.987. The van der Waals surface area contributed by atoms with Gasteiger partial charge in [0.05, 0.1) is 23.9 Å². The van der Waals surface area contributed by atoms with Gasteiger partial charge < -0.3 is 15.2 Å². The van der Waals surface area contributed by atoms with Crippen molar-refractivity contribution < 1.29 is 23.9 Å². The first-order valence-corrected chi connectivity index (χ1v) is 9.52. The number of methoxy groups -OCH3 is 1. The third-order valence-corrected chi connectivity index (χ3v) is 9.90. The summed E-state index contributed by atoms with van der Waals surface area (Å²) in [4.78, 5) is 36.1. The van der Waals surface area contributed by atoms with Crippen LogP contribution in [0.3, 0.4) is 0 Å². The second-order valence-electron chi connectivity index (χ2n) is 9.95. The van der Waals surface area contributed by atoms with Gasteiger partial charge in [0.25, 0.3) is 0 Å². The molecule has 1 amide bonds. The van der Waals surface area contributed by atoms with E-state index < -0.39 is 0 Å². The van der Waals surface area contributed by atoms with Gasteiger partial charge in [-0.2, -0.15) is 0 Å². The summed E-state index contributed by atoms with van der Waals surface area (Å²) in [7, 11) is 1.44. The molecule has 0 aliphatic heterocycles. The van der Waals surface area contributed by atoms with Gasteiger partial charge >= 0.3 is 11.9 Å². The van der Waals surface area contributed by atoms with Crippen LogP contribution in [0.2, 0.25) is 0 Å². The molecule has 0 unspecified atom stereocenters. The summed E-state index contributed by atoms with van der Waals surface area (Å²) in [6, 6.07) is 0. The summed E-state index contributed by atoms with van der Waals surface area (Å²) in [6.45, 7) is 0. The number of ether oxygens (including phenoxy) is 2. The second kappa shape index (κ2) is 3.35. The van der Waals surface area contributed by atoms with Crippen LogP contribution in [0, 0.1) is 57.7 Å². The Morgan fingerprint density at radius 2 is 1.40 bits per heavy atom. The highest BCUT2D eigenvalue weighted by Gasteiger charge is 3.13. The van der Waals surface area contributed by atoms with Gasteiger partial charge in [-0.05, 0) is 66.6 Å². The summed E-state index contributed by atoms with van der Waals surface area (Å²) in [5, 5.41) is 0. The van der Waals surface area contributed by atoms with E-state index in [2.05, 4.69) is 0 Å². The average Bonchev–Trinajstić information content (AvgIpc) is 2.54. The molecule has 8 rings (SSSR count). The maximum absolute atomic E-state index is 12.8. The first-order chi connectivity index (χ1) is 11.9. The van der Waals surface area contributed by atoms with Crippen molar-refractivity contribution in [3.63, 3.8) is 0 Å². The SMILES string of the molecule is COC(=O)C1CC2(CC(OC(=O)C34C5C6C3C3C4C5C63C(N)=O)C2)C1. The number of primary amides is 1. The van der Waals surface area contributed by atoms with E-state index in [1.165, 1.54) is 7.11 Å². The molecule has 132 valence electrons. The Hall–Kier alpha value is -1.59. The highest BCUT2D eigenvalue weighted by atomic mass is 16.5. The molecule has 6 heteroatoms. The molecule has 0 aromatic heterocycles. The lowest BCUT2D eigenvalue weighted by Gasteiger charge is -3.09. The van der Waals surface area contributed by atoms with Gasteiger partial charge in [-0.25, -0.2) is 0 Å². The minimum Gasteiger partial charge on any atom is -0.469 e. The van der Waals surface area contributed by atoms with E-state index in [9.17, 15) is 14.4 Å². The fraction of sp³-hybridized carbons (Fsp3) is 0.842. The predicted molar refractivity (Wildman–Crippen MR) is 81.3 cm³/mol. The van der Waals surface area contributed by atoms with Gasteiger partial charge in [-0.3, -0.25) is 14.4 Å². The van der Waals surface area contributed by atoms with Crippen molar-refractivity contribution in [2.24, 2.45) is 63.4 Å². The minimum absolute atomic E-state index is 0.0118. The lowest BCUT2D eigenvalue weighted by atomic mass is 8.92. The number of hydrogen-bond acceptors (Lipinski definition) is 5. The molecule has 0 aromatic carbocycles. The van der Waals surface area contributed by atoms with Crippen LogP contribution in [0.1, 0.15) is 25.7 Å². The molecule has 0 atom stereocenters. The summed E-state index contributed by atoms with van der Waals surface area (Å²) in [5.41, 5.74) is 5.43. The topological polar surface area (TPSA) is 95.7 Å². The molecule has 8 fully saturated rings. The number of esters is 2. The van der Waals surface area contributed by atoms with Crippen LogP contribution in [0.5, 0.6) is 0 Å². The maximum Gasteiger partial charge on any atom is 0.313 e. The highest BCUT2D eigenvalue weighted by Crippen LogP contribution is 3.10. The van der Waals surface area contributed by atoms with Crippen molar-refractivity contribution in [1.29, 1.82) is 0 Å². The van der Waals surface area contributed by atoms with Crippen LogP contribution in [-0.4, -0.2) is 31.1 Å². The number of carbonyl (C=O) groups is 3. The molecule has 6 nitrogen and oxygen atoms in total. The lowest BCUT2D eigenvalue weighted by Crippen LogP contribution is -3.12. The summed E-state index contributed by atoms with van der Waals surface area (Å²) >= 11 is 0. The first-order valence-electron chi connectivity index (χ1n) is 9.52. The highest BCUT2D eigenvalue weighted by molar-refractivity contribution is 5.98. The van der Waals surface area contributed by atoms with Crippen LogP contribution in [0.25, 0.3) is 0 Å². The van der Waals surface area contributed by atoms with Crippen molar-refractivity contribution in [1.82, 2.24) is 0 Å². The predicted octanol–water partition coefficient (Wildman–Crippen LogP) is 0.485. The van der Waals surface area contributed by atoms with Gasteiger partial charge in [0.1, 0.15) is 6.10 Å². The van der Waals surface area contributed by atoms with E-state index >= 15 is 0 Å². The summed E-state index contributed by atoms with van der Waals surface area (Å²) < 4.78 is 10.7. The quantitative estimate of drug-likeness (QED) is 0.749. The molecule has 0 aromatic rings. The monoisotopic (exact) mass is 343 g/mol. The van der Waals surface area contributed by atoms with Gasteiger partial charge in [0.2, 0.25) is 5.91 Å². The molecular weight excluding hydrogens is 322 g/mol. The van der Waals surface area contributed by atoms with Crippen LogP contribution >= 0.6 is 0 Å². The van der Waals surface area contributed by atoms with Crippen LogP contribution < -0.4 is 5.73 Å². The van der Waals surface area contributed by atoms with E-state index in [0.29, 0.717) is 35.5 Å². The molecule has 0 saturated heterocycles. The smallest absolute Gasteiger partial charge is 0.313 e. The van der Waals surface area contributed by atoms with Crippen molar-refractivity contribution in [2.45, 2.75) is 31.8 Å². The standard InChI is InChI=1S/C19H21NO5/c1-24-14(21)6-2-17(3-6)4-7(5-17)25-16(23)19-11-8-12(19)10-13(19)9(11)18(8,10)15(20)22/h6-13H,2-5H2,1H3,(H2,20,22). The number of rotatable bonds is 4. The normalized spacial score (nSPS) is 64.7. The fourth-order valence-electron chi connectivity index (χ4n) is 9.32. The van der Waals surface area contributed by atoms with Gasteiger partial charge in [0.15, 0.2) is 0 Å². The lowest BCUT2D eigenvalue weighted by molar-refractivity contribution is -0.626. The maximum atomic E-state index is 12.8. The van der Waals surface area contributed by atoms with Crippen molar-refractivity contribution in [3.05, 3.63) is 0 Å². The van der Waals surface area contributed by atoms with Crippen LogP contribution in [0.4, 0.5) is 0 Å². The molecule has 0 heterocycles. The molecule has 8 saturated carbocycles. The zero-order valence-corrected chi connectivity index (χ0v) is 14.1. The van der Waals surface area contributed by atoms with E-state index in [4.69, 9.17) is 15.2 Å². The van der Waals surface area contributed by atoms with E-state index in [-0.39, 0.29) is 46.1 Å².